The van der Waals surface area contributed by atoms with Crippen molar-refractivity contribution in [2.75, 3.05) is 11.9 Å². The van der Waals surface area contributed by atoms with Crippen LogP contribution in [-0.2, 0) is 7.05 Å². The summed E-state index contributed by atoms with van der Waals surface area (Å²) in [6.07, 6.45) is 4.56. The Morgan fingerprint density at radius 1 is 1.32 bits per heavy atom. The largest absolute Gasteiger partial charge is 0.380 e. The van der Waals surface area contributed by atoms with E-state index in [1.54, 1.807) is 0 Å². The van der Waals surface area contributed by atoms with Crippen LogP contribution in [0.2, 0.25) is 0 Å². The number of nitrogens with one attached hydrogen (secondary N) is 2. The lowest BCUT2D eigenvalue weighted by molar-refractivity contribution is 0.286. The van der Waals surface area contributed by atoms with Crippen molar-refractivity contribution in [3.05, 3.63) is 30.5 Å². The monoisotopic (exact) mass is 257 g/mol. The first-order valence-electron chi connectivity index (χ1n) is 7.11. The van der Waals surface area contributed by atoms with Gasteiger partial charge < -0.3 is 15.2 Å². The Kier molecular flexibility index (Phi) is 3.02. The Bertz CT molecular complexity index is 583. The van der Waals surface area contributed by atoms with E-state index in [2.05, 4.69) is 66.6 Å². The minimum Gasteiger partial charge on any atom is -0.380 e. The predicted molar refractivity (Wildman–Crippen MR) is 81.6 cm³/mol. The second-order valence-electron chi connectivity index (χ2n) is 6.32. The Balaban J connectivity index is 1.85. The molecule has 1 atom stereocenters. The van der Waals surface area contributed by atoms with Crippen LogP contribution in [0.25, 0.3) is 10.9 Å². The summed E-state index contributed by atoms with van der Waals surface area (Å²) >= 11 is 0. The number of hydrogen-bond acceptors (Lipinski definition) is 2. The third-order valence-electron chi connectivity index (χ3n) is 4.11. The van der Waals surface area contributed by atoms with Crippen LogP contribution in [0.15, 0.2) is 30.5 Å². The molecule has 1 aliphatic heterocycles. The Morgan fingerprint density at radius 3 is 2.89 bits per heavy atom. The van der Waals surface area contributed by atoms with Crippen molar-refractivity contribution >= 4 is 16.6 Å². The smallest absolute Gasteiger partial charge is 0.0602 e. The lowest BCUT2D eigenvalue weighted by atomic mass is 9.89. The number of piperidine rings is 1. The highest BCUT2D eigenvalue weighted by atomic mass is 15.0. The number of aryl methyl sites for hydroxylation is 1. The third-order valence-corrected chi connectivity index (χ3v) is 4.11. The van der Waals surface area contributed by atoms with E-state index in [0.717, 1.165) is 13.0 Å². The number of hydrogen-bond donors (Lipinski definition) is 2. The summed E-state index contributed by atoms with van der Waals surface area (Å²) in [5.74, 6) is 0. The number of anilines is 1. The van der Waals surface area contributed by atoms with E-state index >= 15 is 0 Å². The van der Waals surface area contributed by atoms with Crippen molar-refractivity contribution < 1.29 is 0 Å². The lowest BCUT2D eigenvalue weighted by Gasteiger charge is -2.37. The van der Waals surface area contributed by atoms with Gasteiger partial charge in [-0.15, -0.1) is 0 Å². The molecule has 2 heterocycles. The van der Waals surface area contributed by atoms with Gasteiger partial charge in [-0.2, -0.15) is 0 Å². The summed E-state index contributed by atoms with van der Waals surface area (Å²) in [5, 5.41) is 8.63. The summed E-state index contributed by atoms with van der Waals surface area (Å²) in [4.78, 5) is 0. The summed E-state index contributed by atoms with van der Waals surface area (Å²) in [5.41, 5.74) is 2.79. The van der Waals surface area contributed by atoms with Crippen LogP contribution in [-0.4, -0.2) is 22.7 Å². The fraction of sp³-hybridized carbons (Fsp3) is 0.500. The molecule has 0 spiro atoms. The average Bonchev–Trinajstić information content (AvgIpc) is 2.66. The lowest BCUT2D eigenvalue weighted by Crippen LogP contribution is -2.49. The molecular formula is C16H23N3. The second kappa shape index (κ2) is 4.57. The van der Waals surface area contributed by atoms with Gasteiger partial charge in [-0.25, -0.2) is 0 Å². The highest BCUT2D eigenvalue weighted by Gasteiger charge is 2.27. The van der Waals surface area contributed by atoms with Crippen molar-refractivity contribution in [3.63, 3.8) is 0 Å². The molecule has 1 unspecified atom stereocenters. The molecule has 0 aliphatic carbocycles. The second-order valence-corrected chi connectivity index (χ2v) is 6.32. The van der Waals surface area contributed by atoms with Crippen LogP contribution in [0.4, 0.5) is 5.69 Å². The molecule has 2 N–H and O–H groups in total. The molecule has 0 saturated carbocycles. The van der Waals surface area contributed by atoms with Crippen LogP contribution in [0.3, 0.4) is 0 Å². The molecule has 0 bridgehead atoms. The van der Waals surface area contributed by atoms with Crippen molar-refractivity contribution in [3.8, 4) is 0 Å². The van der Waals surface area contributed by atoms with Crippen LogP contribution in [0, 0.1) is 0 Å². The van der Waals surface area contributed by atoms with Crippen LogP contribution in [0.5, 0.6) is 0 Å². The van der Waals surface area contributed by atoms with Gasteiger partial charge >= 0.3 is 0 Å². The molecule has 0 radical (unpaired) electrons. The fourth-order valence-corrected chi connectivity index (χ4v) is 3.17. The molecular weight excluding hydrogens is 234 g/mol. The molecule has 1 aliphatic rings. The number of rotatable bonds is 2. The van der Waals surface area contributed by atoms with E-state index in [1.165, 1.54) is 23.0 Å². The average molecular weight is 257 g/mol. The predicted octanol–water partition coefficient (Wildman–Crippen LogP) is 3.12. The first kappa shape index (κ1) is 12.5. The van der Waals surface area contributed by atoms with Gasteiger partial charge in [-0.3, -0.25) is 0 Å². The van der Waals surface area contributed by atoms with E-state index in [9.17, 15) is 0 Å². The molecule has 1 fully saturated rings. The van der Waals surface area contributed by atoms with E-state index in [0.29, 0.717) is 6.04 Å². The number of nitrogens with zero attached hydrogens (tertiary/aromatic N) is 1. The highest BCUT2D eigenvalue weighted by molar-refractivity contribution is 5.93. The SMILES string of the molecule is Cn1cc(NC2CCNC(C)(C)C2)c2ccccc21. The van der Waals surface area contributed by atoms with E-state index in [4.69, 9.17) is 0 Å². The molecule has 1 aromatic carbocycles. The molecule has 3 nitrogen and oxygen atoms in total. The summed E-state index contributed by atoms with van der Waals surface area (Å²) in [6, 6.07) is 9.14. The summed E-state index contributed by atoms with van der Waals surface area (Å²) in [7, 11) is 2.11. The minimum absolute atomic E-state index is 0.237. The van der Waals surface area contributed by atoms with Gasteiger partial charge in [0, 0.05) is 35.7 Å². The van der Waals surface area contributed by atoms with Gasteiger partial charge in [0.15, 0.2) is 0 Å². The highest BCUT2D eigenvalue weighted by Crippen LogP contribution is 2.28. The molecule has 1 saturated heterocycles. The Labute approximate surface area is 115 Å². The van der Waals surface area contributed by atoms with E-state index < -0.39 is 0 Å². The molecule has 0 amide bonds. The molecule has 1 aromatic heterocycles. The molecule has 3 rings (SSSR count). The number of benzene rings is 1. The topological polar surface area (TPSA) is 29.0 Å². The number of fused-ring (bicyclic) bond motifs is 1. The normalized spacial score (nSPS) is 22.6. The van der Waals surface area contributed by atoms with Gasteiger partial charge in [0.2, 0.25) is 0 Å². The van der Waals surface area contributed by atoms with Gasteiger partial charge in [0.05, 0.1) is 5.69 Å². The fourth-order valence-electron chi connectivity index (χ4n) is 3.17. The first-order valence-corrected chi connectivity index (χ1v) is 7.11. The zero-order chi connectivity index (χ0) is 13.5. The van der Waals surface area contributed by atoms with Crippen molar-refractivity contribution in [1.29, 1.82) is 0 Å². The molecule has 102 valence electrons. The van der Waals surface area contributed by atoms with Crippen LogP contribution < -0.4 is 10.6 Å². The van der Waals surface area contributed by atoms with E-state index in [-0.39, 0.29) is 5.54 Å². The number of para-hydroxylation sites is 1. The molecule has 2 aromatic rings. The zero-order valence-electron chi connectivity index (χ0n) is 12.0. The standard InChI is InChI=1S/C16H23N3/c1-16(2)10-12(8-9-17-16)18-14-11-19(3)15-7-5-4-6-13(14)15/h4-7,11-12,17-18H,8-10H2,1-3H3. The molecule has 3 heteroatoms. The summed E-state index contributed by atoms with van der Waals surface area (Å²) < 4.78 is 2.20. The van der Waals surface area contributed by atoms with Gasteiger partial charge in [-0.05, 0) is 39.3 Å². The maximum atomic E-state index is 3.74. The maximum Gasteiger partial charge on any atom is 0.0602 e. The third kappa shape index (κ3) is 2.47. The number of aromatic nitrogens is 1. The Hall–Kier alpha value is -1.48. The maximum absolute atomic E-state index is 3.74. The van der Waals surface area contributed by atoms with E-state index in [1.807, 2.05) is 0 Å². The first-order chi connectivity index (χ1) is 9.05. The quantitative estimate of drug-likeness (QED) is 0.865. The summed E-state index contributed by atoms with van der Waals surface area (Å²) in [6.45, 7) is 5.66. The van der Waals surface area contributed by atoms with Crippen molar-refractivity contribution in [1.82, 2.24) is 9.88 Å². The minimum atomic E-state index is 0.237. The van der Waals surface area contributed by atoms with Gasteiger partial charge in [-0.1, -0.05) is 18.2 Å². The van der Waals surface area contributed by atoms with Gasteiger partial charge in [0.25, 0.3) is 0 Å². The van der Waals surface area contributed by atoms with Crippen molar-refractivity contribution in [2.45, 2.75) is 38.3 Å². The van der Waals surface area contributed by atoms with Gasteiger partial charge in [0.1, 0.15) is 0 Å². The Morgan fingerprint density at radius 2 is 2.11 bits per heavy atom. The van der Waals surface area contributed by atoms with Crippen LogP contribution >= 0.6 is 0 Å². The zero-order valence-corrected chi connectivity index (χ0v) is 12.0. The van der Waals surface area contributed by atoms with Crippen molar-refractivity contribution in [2.24, 2.45) is 7.05 Å². The van der Waals surface area contributed by atoms with Crippen LogP contribution in [0.1, 0.15) is 26.7 Å². The molecule has 19 heavy (non-hydrogen) atoms.